The van der Waals surface area contributed by atoms with E-state index >= 15 is 0 Å². The molecule has 2 aromatic rings. The zero-order valence-electron chi connectivity index (χ0n) is 12.5. The van der Waals surface area contributed by atoms with Crippen LogP contribution in [0.25, 0.3) is 0 Å². The molecule has 2 rings (SSSR count). The molecule has 0 saturated carbocycles. The van der Waals surface area contributed by atoms with Gasteiger partial charge in [-0.2, -0.15) is 0 Å². The molecule has 1 unspecified atom stereocenters. The quantitative estimate of drug-likeness (QED) is 0.711. The molecule has 0 aliphatic rings. The number of anilines is 1. The van der Waals surface area contributed by atoms with Crippen LogP contribution in [0, 0.1) is 0 Å². The molecule has 0 fully saturated rings. The van der Waals surface area contributed by atoms with E-state index in [-0.39, 0.29) is 23.8 Å². The number of rotatable bonds is 7. The molecule has 1 aromatic carbocycles. The molecular formula is C15H18N2O5S. The molecule has 1 heterocycles. The van der Waals surface area contributed by atoms with E-state index in [0.29, 0.717) is 11.4 Å². The number of aliphatic hydroxyl groups is 1. The van der Waals surface area contributed by atoms with E-state index in [2.05, 4.69) is 10.0 Å². The molecule has 0 radical (unpaired) electrons. The van der Waals surface area contributed by atoms with Gasteiger partial charge in [0.25, 0.3) is 0 Å². The van der Waals surface area contributed by atoms with Crippen molar-refractivity contribution in [1.29, 1.82) is 0 Å². The predicted molar refractivity (Wildman–Crippen MR) is 84.2 cm³/mol. The zero-order valence-corrected chi connectivity index (χ0v) is 13.3. The molecule has 8 heteroatoms. The van der Waals surface area contributed by atoms with Crippen molar-refractivity contribution in [1.82, 2.24) is 4.72 Å². The molecule has 0 bridgehead atoms. The van der Waals surface area contributed by atoms with E-state index in [1.165, 1.54) is 37.5 Å². The van der Waals surface area contributed by atoms with Gasteiger partial charge in [-0.15, -0.1) is 0 Å². The maximum atomic E-state index is 12.1. The summed E-state index contributed by atoms with van der Waals surface area (Å²) in [6, 6.07) is 9.09. The molecule has 0 aliphatic carbocycles. The van der Waals surface area contributed by atoms with E-state index in [0.717, 1.165) is 0 Å². The second kappa shape index (κ2) is 7.40. The monoisotopic (exact) mass is 338 g/mol. The number of sulfonamides is 1. The van der Waals surface area contributed by atoms with Gasteiger partial charge >= 0.3 is 0 Å². The van der Waals surface area contributed by atoms with Crippen LogP contribution in [0.5, 0.6) is 0 Å². The SMILES string of the molecule is CC(=O)Nc1ccc(S(=O)(=O)NCCC(O)c2ccco2)cc1. The van der Waals surface area contributed by atoms with Gasteiger partial charge < -0.3 is 14.8 Å². The highest BCUT2D eigenvalue weighted by molar-refractivity contribution is 7.89. The fourth-order valence-corrected chi connectivity index (χ4v) is 3.00. The average molecular weight is 338 g/mol. The Kier molecular flexibility index (Phi) is 5.54. The second-order valence-electron chi connectivity index (χ2n) is 4.92. The van der Waals surface area contributed by atoms with Crippen molar-refractivity contribution in [2.75, 3.05) is 11.9 Å². The van der Waals surface area contributed by atoms with Crippen LogP contribution >= 0.6 is 0 Å². The van der Waals surface area contributed by atoms with Crippen LogP contribution in [-0.2, 0) is 14.8 Å². The van der Waals surface area contributed by atoms with Gasteiger partial charge in [-0.3, -0.25) is 4.79 Å². The number of furan rings is 1. The third-order valence-electron chi connectivity index (χ3n) is 3.07. The molecule has 0 saturated heterocycles. The van der Waals surface area contributed by atoms with E-state index in [1.807, 2.05) is 0 Å². The Bertz CT molecular complexity index is 739. The largest absolute Gasteiger partial charge is 0.467 e. The molecule has 1 atom stereocenters. The van der Waals surface area contributed by atoms with Crippen LogP contribution in [0.1, 0.15) is 25.2 Å². The minimum absolute atomic E-state index is 0.0671. The second-order valence-corrected chi connectivity index (χ2v) is 6.69. The van der Waals surface area contributed by atoms with E-state index in [1.54, 1.807) is 12.1 Å². The highest BCUT2D eigenvalue weighted by Crippen LogP contribution is 2.17. The molecule has 0 aliphatic heterocycles. The molecule has 7 nitrogen and oxygen atoms in total. The van der Waals surface area contributed by atoms with Crippen LogP contribution in [0.3, 0.4) is 0 Å². The van der Waals surface area contributed by atoms with Crippen molar-refractivity contribution in [3.63, 3.8) is 0 Å². The maximum Gasteiger partial charge on any atom is 0.240 e. The molecule has 1 amide bonds. The summed E-state index contributed by atoms with van der Waals surface area (Å²) in [6.07, 6.45) is 0.769. The summed E-state index contributed by atoms with van der Waals surface area (Å²) in [6.45, 7) is 1.44. The van der Waals surface area contributed by atoms with Crippen LogP contribution in [0.2, 0.25) is 0 Å². The van der Waals surface area contributed by atoms with Crippen molar-refractivity contribution in [3.05, 3.63) is 48.4 Å². The number of benzene rings is 1. The van der Waals surface area contributed by atoms with Crippen LogP contribution in [-0.4, -0.2) is 26.0 Å². The number of amides is 1. The Hall–Kier alpha value is -2.16. The first-order valence-electron chi connectivity index (χ1n) is 6.97. The Morgan fingerprint density at radius 2 is 1.96 bits per heavy atom. The number of hydrogen-bond acceptors (Lipinski definition) is 5. The lowest BCUT2D eigenvalue weighted by atomic mass is 10.2. The molecule has 0 spiro atoms. The molecular weight excluding hydrogens is 320 g/mol. The third-order valence-corrected chi connectivity index (χ3v) is 4.54. The highest BCUT2D eigenvalue weighted by Gasteiger charge is 2.16. The van der Waals surface area contributed by atoms with Gasteiger partial charge in [0, 0.05) is 19.2 Å². The average Bonchev–Trinajstić information content (AvgIpc) is 3.01. The Balaban J connectivity index is 1.92. The number of aliphatic hydroxyl groups excluding tert-OH is 1. The highest BCUT2D eigenvalue weighted by atomic mass is 32.2. The summed E-state index contributed by atoms with van der Waals surface area (Å²) >= 11 is 0. The fraction of sp³-hybridized carbons (Fsp3) is 0.267. The third kappa shape index (κ3) is 4.92. The minimum Gasteiger partial charge on any atom is -0.467 e. The lowest BCUT2D eigenvalue weighted by Crippen LogP contribution is -2.26. The molecule has 3 N–H and O–H groups in total. The summed E-state index contributed by atoms with van der Waals surface area (Å²) in [5.41, 5.74) is 0.518. The summed E-state index contributed by atoms with van der Waals surface area (Å²) in [5, 5.41) is 12.4. The number of carbonyl (C=O) groups is 1. The van der Waals surface area contributed by atoms with Gasteiger partial charge in [-0.05, 0) is 42.8 Å². The zero-order chi connectivity index (χ0) is 16.9. The summed E-state index contributed by atoms with van der Waals surface area (Å²) < 4.78 is 31.7. The number of nitrogens with one attached hydrogen (secondary N) is 2. The fourth-order valence-electron chi connectivity index (χ4n) is 1.96. The maximum absolute atomic E-state index is 12.1. The van der Waals surface area contributed by atoms with Crippen molar-refractivity contribution < 1.29 is 22.7 Å². The van der Waals surface area contributed by atoms with Crippen LogP contribution < -0.4 is 10.0 Å². The van der Waals surface area contributed by atoms with Crippen LogP contribution in [0.15, 0.2) is 52.0 Å². The standard InChI is InChI=1S/C15H18N2O5S/c1-11(18)17-12-4-6-13(7-5-12)23(20,21)16-9-8-14(19)15-3-2-10-22-15/h2-7,10,14,16,19H,8-9H2,1H3,(H,17,18). The smallest absolute Gasteiger partial charge is 0.240 e. The first-order valence-corrected chi connectivity index (χ1v) is 8.45. The number of carbonyl (C=O) groups excluding carboxylic acids is 1. The normalized spacial score (nSPS) is 12.8. The van der Waals surface area contributed by atoms with E-state index < -0.39 is 16.1 Å². The lowest BCUT2D eigenvalue weighted by Gasteiger charge is -2.10. The van der Waals surface area contributed by atoms with Crippen molar-refractivity contribution >= 4 is 21.6 Å². The topological polar surface area (TPSA) is 109 Å². The van der Waals surface area contributed by atoms with Gasteiger partial charge in [-0.25, -0.2) is 13.1 Å². The van der Waals surface area contributed by atoms with Gasteiger partial charge in [-0.1, -0.05) is 0 Å². The summed E-state index contributed by atoms with van der Waals surface area (Å²) in [7, 11) is -3.67. The number of hydrogen-bond donors (Lipinski definition) is 3. The summed E-state index contributed by atoms with van der Waals surface area (Å²) in [5.74, 6) is 0.162. The molecule has 1 aromatic heterocycles. The van der Waals surface area contributed by atoms with Crippen LogP contribution in [0.4, 0.5) is 5.69 Å². The van der Waals surface area contributed by atoms with Crippen molar-refractivity contribution in [2.45, 2.75) is 24.3 Å². The first kappa shape index (κ1) is 17.2. The predicted octanol–water partition coefficient (Wildman–Crippen LogP) is 1.64. The minimum atomic E-state index is -3.67. The summed E-state index contributed by atoms with van der Waals surface area (Å²) in [4.78, 5) is 11.0. The van der Waals surface area contributed by atoms with Gasteiger partial charge in [0.05, 0.1) is 11.2 Å². The van der Waals surface area contributed by atoms with Gasteiger partial charge in [0.2, 0.25) is 15.9 Å². The van der Waals surface area contributed by atoms with E-state index in [9.17, 15) is 18.3 Å². The van der Waals surface area contributed by atoms with Crippen molar-refractivity contribution in [2.24, 2.45) is 0 Å². The molecule has 124 valence electrons. The first-order chi connectivity index (χ1) is 10.9. The van der Waals surface area contributed by atoms with Gasteiger partial charge in [0.1, 0.15) is 11.9 Å². The van der Waals surface area contributed by atoms with Crippen molar-refractivity contribution in [3.8, 4) is 0 Å². The Morgan fingerprint density at radius 1 is 1.26 bits per heavy atom. The van der Waals surface area contributed by atoms with E-state index in [4.69, 9.17) is 4.42 Å². The van der Waals surface area contributed by atoms with Gasteiger partial charge in [0.15, 0.2) is 0 Å². The lowest BCUT2D eigenvalue weighted by molar-refractivity contribution is -0.114. The Morgan fingerprint density at radius 3 is 2.52 bits per heavy atom. The Labute approximate surface area is 134 Å². The molecule has 23 heavy (non-hydrogen) atoms.